The molecule has 1 aliphatic rings. The molecule has 1 saturated heterocycles. The maximum Gasteiger partial charge on any atom is 0.242 e. The van der Waals surface area contributed by atoms with Crippen molar-refractivity contribution in [3.05, 3.63) is 18.2 Å². The number of halogens is 1. The summed E-state index contributed by atoms with van der Waals surface area (Å²) in [6.45, 7) is 3.18. The molecule has 1 fully saturated rings. The van der Waals surface area contributed by atoms with Gasteiger partial charge >= 0.3 is 0 Å². The third kappa shape index (κ3) is 5.57. The van der Waals surface area contributed by atoms with E-state index in [0.717, 1.165) is 23.7 Å². The minimum Gasteiger partial charge on any atom is -0.492 e. The SMILES string of the molecule is CCOc1ccc(S(=O)(=O)N(C)C)cc1NC(=O)CC1CCCN1.Cl. The summed E-state index contributed by atoms with van der Waals surface area (Å²) in [6.07, 6.45) is 2.40. The molecule has 142 valence electrons. The van der Waals surface area contributed by atoms with Crippen LogP contribution in [0.5, 0.6) is 5.75 Å². The molecule has 9 heteroatoms. The molecule has 1 amide bonds. The first-order chi connectivity index (χ1) is 11.3. The summed E-state index contributed by atoms with van der Waals surface area (Å²) in [6, 6.07) is 4.67. The average molecular weight is 392 g/mol. The Hall–Kier alpha value is -1.35. The molecule has 7 nitrogen and oxygen atoms in total. The summed E-state index contributed by atoms with van der Waals surface area (Å²) in [5, 5.41) is 6.06. The molecule has 0 spiro atoms. The monoisotopic (exact) mass is 391 g/mol. The van der Waals surface area contributed by atoms with Crippen molar-refractivity contribution in [3.63, 3.8) is 0 Å². The van der Waals surface area contributed by atoms with Crippen LogP contribution in [0.25, 0.3) is 0 Å². The molecule has 1 aromatic rings. The normalized spacial score (nSPS) is 17.2. The van der Waals surface area contributed by atoms with Crippen LogP contribution in [0.1, 0.15) is 26.2 Å². The smallest absolute Gasteiger partial charge is 0.242 e. The van der Waals surface area contributed by atoms with Crippen LogP contribution in [0.3, 0.4) is 0 Å². The van der Waals surface area contributed by atoms with Crippen molar-refractivity contribution in [3.8, 4) is 5.75 Å². The summed E-state index contributed by atoms with van der Waals surface area (Å²) in [4.78, 5) is 12.4. The van der Waals surface area contributed by atoms with Crippen molar-refractivity contribution >= 4 is 34.0 Å². The highest BCUT2D eigenvalue weighted by molar-refractivity contribution is 7.89. The van der Waals surface area contributed by atoms with Crippen molar-refractivity contribution in [1.82, 2.24) is 9.62 Å². The predicted octanol–water partition coefficient (Wildman–Crippen LogP) is 1.84. The lowest BCUT2D eigenvalue weighted by atomic mass is 10.1. The molecule has 0 radical (unpaired) electrons. The van der Waals surface area contributed by atoms with Gasteiger partial charge in [0.15, 0.2) is 0 Å². The van der Waals surface area contributed by atoms with Gasteiger partial charge in [-0.25, -0.2) is 12.7 Å². The van der Waals surface area contributed by atoms with Crippen LogP contribution in [0.4, 0.5) is 5.69 Å². The van der Waals surface area contributed by atoms with E-state index in [1.54, 1.807) is 6.07 Å². The van der Waals surface area contributed by atoms with Gasteiger partial charge in [-0.05, 0) is 44.5 Å². The third-order valence-corrected chi connectivity index (χ3v) is 5.71. The van der Waals surface area contributed by atoms with Crippen molar-refractivity contribution in [2.24, 2.45) is 0 Å². The lowest BCUT2D eigenvalue weighted by Gasteiger charge is -2.16. The second kappa shape index (κ2) is 9.38. The van der Waals surface area contributed by atoms with Gasteiger partial charge in [-0.3, -0.25) is 4.79 Å². The molecule has 1 unspecified atom stereocenters. The molecule has 1 aliphatic heterocycles. The third-order valence-electron chi connectivity index (χ3n) is 3.90. The number of hydrogen-bond acceptors (Lipinski definition) is 5. The van der Waals surface area contributed by atoms with Gasteiger partial charge < -0.3 is 15.4 Å². The first-order valence-corrected chi connectivity index (χ1v) is 9.51. The standard InChI is InChI=1S/C16H25N3O4S.ClH/c1-4-23-15-8-7-13(24(21,22)19(2)3)11-14(15)18-16(20)10-12-6-5-9-17-12;/h7-8,11-12,17H,4-6,9-10H2,1-3H3,(H,18,20);1H. The van der Waals surface area contributed by atoms with Crippen molar-refractivity contribution in [1.29, 1.82) is 0 Å². The molecule has 0 saturated carbocycles. The molecular formula is C16H26ClN3O4S. The molecular weight excluding hydrogens is 366 g/mol. The van der Waals surface area contributed by atoms with E-state index in [1.807, 2.05) is 6.92 Å². The summed E-state index contributed by atoms with van der Waals surface area (Å²) in [5.74, 6) is 0.303. The van der Waals surface area contributed by atoms with E-state index in [9.17, 15) is 13.2 Å². The minimum absolute atomic E-state index is 0. The Morgan fingerprint density at radius 2 is 2.12 bits per heavy atom. The number of hydrogen-bond donors (Lipinski definition) is 2. The van der Waals surface area contributed by atoms with Gasteiger partial charge in [0, 0.05) is 26.6 Å². The van der Waals surface area contributed by atoms with E-state index in [2.05, 4.69) is 10.6 Å². The van der Waals surface area contributed by atoms with Crippen LogP contribution in [0.2, 0.25) is 0 Å². The van der Waals surface area contributed by atoms with E-state index in [4.69, 9.17) is 4.74 Å². The summed E-state index contributed by atoms with van der Waals surface area (Å²) >= 11 is 0. The summed E-state index contributed by atoms with van der Waals surface area (Å²) < 4.78 is 31.2. The van der Waals surface area contributed by atoms with Gasteiger partial charge in [0.05, 0.1) is 17.2 Å². The fourth-order valence-corrected chi connectivity index (χ4v) is 3.54. The number of nitrogens with one attached hydrogen (secondary N) is 2. The van der Waals surface area contributed by atoms with Gasteiger partial charge in [-0.2, -0.15) is 0 Å². The van der Waals surface area contributed by atoms with Crippen LogP contribution >= 0.6 is 12.4 Å². The number of carbonyl (C=O) groups excluding carboxylic acids is 1. The molecule has 0 aliphatic carbocycles. The zero-order chi connectivity index (χ0) is 17.7. The fraction of sp³-hybridized carbons (Fsp3) is 0.562. The topological polar surface area (TPSA) is 87.7 Å². The second-order valence-electron chi connectivity index (χ2n) is 5.92. The molecule has 2 N–H and O–H groups in total. The predicted molar refractivity (Wildman–Crippen MR) is 100 cm³/mol. The van der Waals surface area contributed by atoms with E-state index >= 15 is 0 Å². The Morgan fingerprint density at radius 3 is 2.68 bits per heavy atom. The number of benzene rings is 1. The quantitative estimate of drug-likeness (QED) is 0.740. The molecule has 1 atom stereocenters. The summed E-state index contributed by atoms with van der Waals surface area (Å²) in [5.41, 5.74) is 0.378. The fourth-order valence-electron chi connectivity index (χ4n) is 2.62. The van der Waals surface area contributed by atoms with Crippen LogP contribution in [-0.4, -0.2) is 51.9 Å². The lowest BCUT2D eigenvalue weighted by Crippen LogP contribution is -2.27. The van der Waals surface area contributed by atoms with Crippen LogP contribution < -0.4 is 15.4 Å². The van der Waals surface area contributed by atoms with Gasteiger partial charge in [-0.15, -0.1) is 12.4 Å². The molecule has 0 bridgehead atoms. The Morgan fingerprint density at radius 1 is 1.40 bits per heavy atom. The summed E-state index contributed by atoms with van der Waals surface area (Å²) in [7, 11) is -0.639. The van der Waals surface area contributed by atoms with E-state index in [-0.39, 0.29) is 29.3 Å². The highest BCUT2D eigenvalue weighted by Crippen LogP contribution is 2.29. The van der Waals surface area contributed by atoms with Gasteiger partial charge in [0.25, 0.3) is 0 Å². The number of carbonyl (C=O) groups is 1. The van der Waals surface area contributed by atoms with Gasteiger partial charge in [0.2, 0.25) is 15.9 Å². The zero-order valence-electron chi connectivity index (χ0n) is 14.7. The number of sulfonamides is 1. The van der Waals surface area contributed by atoms with Gasteiger partial charge in [-0.1, -0.05) is 0 Å². The van der Waals surface area contributed by atoms with Gasteiger partial charge in [0.1, 0.15) is 5.75 Å². The Labute approximate surface area is 155 Å². The first kappa shape index (κ1) is 21.7. The average Bonchev–Trinajstić information content (AvgIpc) is 3.01. The van der Waals surface area contributed by atoms with E-state index < -0.39 is 10.0 Å². The number of nitrogens with zero attached hydrogens (tertiary/aromatic N) is 1. The van der Waals surface area contributed by atoms with Crippen LogP contribution in [-0.2, 0) is 14.8 Å². The molecule has 1 aromatic carbocycles. The zero-order valence-corrected chi connectivity index (χ0v) is 16.4. The second-order valence-corrected chi connectivity index (χ2v) is 8.08. The number of rotatable bonds is 7. The maximum atomic E-state index is 12.3. The van der Waals surface area contributed by atoms with Crippen molar-refractivity contribution < 1.29 is 17.9 Å². The highest BCUT2D eigenvalue weighted by atomic mass is 35.5. The van der Waals surface area contributed by atoms with E-state index in [1.165, 1.54) is 26.2 Å². The minimum atomic E-state index is -3.58. The first-order valence-electron chi connectivity index (χ1n) is 8.07. The molecule has 0 aromatic heterocycles. The van der Waals surface area contributed by atoms with Crippen LogP contribution in [0.15, 0.2) is 23.1 Å². The Balaban J connectivity index is 0.00000312. The molecule has 2 rings (SSSR count). The lowest BCUT2D eigenvalue weighted by molar-refractivity contribution is -0.116. The molecule has 25 heavy (non-hydrogen) atoms. The van der Waals surface area contributed by atoms with E-state index in [0.29, 0.717) is 24.5 Å². The number of ether oxygens (including phenoxy) is 1. The highest BCUT2D eigenvalue weighted by Gasteiger charge is 2.21. The molecule has 1 heterocycles. The van der Waals surface area contributed by atoms with Crippen LogP contribution in [0, 0.1) is 0 Å². The Kier molecular flexibility index (Phi) is 8.14. The Bertz CT molecular complexity index is 689. The number of anilines is 1. The number of amides is 1. The maximum absolute atomic E-state index is 12.3. The van der Waals surface area contributed by atoms with Crippen molar-refractivity contribution in [2.75, 3.05) is 32.6 Å². The largest absolute Gasteiger partial charge is 0.492 e. The van der Waals surface area contributed by atoms with Crippen molar-refractivity contribution in [2.45, 2.75) is 37.1 Å².